The van der Waals surface area contributed by atoms with Gasteiger partial charge in [0.15, 0.2) is 0 Å². The van der Waals surface area contributed by atoms with Crippen LogP contribution in [0.5, 0.6) is 11.5 Å². The summed E-state index contributed by atoms with van der Waals surface area (Å²) in [7, 11) is 3.36. The number of ether oxygens (including phenoxy) is 2. The Hall–Kier alpha value is -1.75. The zero-order valence-corrected chi connectivity index (χ0v) is 15.6. The van der Waals surface area contributed by atoms with Gasteiger partial charge in [-0.3, -0.25) is 9.69 Å². The number of benzene rings is 1. The summed E-state index contributed by atoms with van der Waals surface area (Å²) >= 11 is 0. The number of carbonyl (C=O) groups is 1. The monoisotopic (exact) mass is 334 g/mol. The topological polar surface area (TPSA) is 42.0 Å². The molecule has 0 unspecified atom stereocenters. The highest BCUT2D eigenvalue weighted by atomic mass is 16.5. The van der Waals surface area contributed by atoms with E-state index in [1.54, 1.807) is 14.2 Å². The highest BCUT2D eigenvalue weighted by Gasteiger charge is 2.25. The fourth-order valence-electron chi connectivity index (χ4n) is 2.97. The second-order valence-corrected chi connectivity index (χ2v) is 7.57. The number of carbonyl (C=O) groups excluding carboxylic acids is 1. The first-order chi connectivity index (χ1) is 11.3. The highest BCUT2D eigenvalue weighted by molar-refractivity contribution is 5.76. The fourth-order valence-corrected chi connectivity index (χ4v) is 2.97. The SMILES string of the molecule is COc1ccc(OC)c(CN2CCN(C(=O)CC(C)(C)C)CC2)c1. The zero-order chi connectivity index (χ0) is 17.7. The third-order valence-electron chi connectivity index (χ3n) is 4.29. The van der Waals surface area contributed by atoms with E-state index in [1.165, 1.54) is 0 Å². The van der Waals surface area contributed by atoms with Crippen molar-refractivity contribution in [2.75, 3.05) is 40.4 Å². The van der Waals surface area contributed by atoms with E-state index in [4.69, 9.17) is 9.47 Å². The third kappa shape index (κ3) is 5.13. The predicted molar refractivity (Wildman–Crippen MR) is 95.5 cm³/mol. The number of piperazine rings is 1. The van der Waals surface area contributed by atoms with Crippen LogP contribution >= 0.6 is 0 Å². The van der Waals surface area contributed by atoms with Crippen LogP contribution in [0.2, 0.25) is 0 Å². The molecule has 0 aliphatic carbocycles. The summed E-state index contributed by atoms with van der Waals surface area (Å²) in [5, 5.41) is 0. The van der Waals surface area contributed by atoms with Gasteiger partial charge in [-0.05, 0) is 23.6 Å². The maximum Gasteiger partial charge on any atom is 0.223 e. The number of nitrogens with zero attached hydrogens (tertiary/aromatic N) is 2. The zero-order valence-electron chi connectivity index (χ0n) is 15.6. The largest absolute Gasteiger partial charge is 0.497 e. The van der Waals surface area contributed by atoms with Crippen LogP contribution in [-0.2, 0) is 11.3 Å². The van der Waals surface area contributed by atoms with Gasteiger partial charge in [-0.1, -0.05) is 20.8 Å². The molecule has 24 heavy (non-hydrogen) atoms. The molecule has 134 valence electrons. The molecule has 1 saturated heterocycles. The third-order valence-corrected chi connectivity index (χ3v) is 4.29. The van der Waals surface area contributed by atoms with E-state index in [2.05, 4.69) is 25.7 Å². The highest BCUT2D eigenvalue weighted by Crippen LogP contribution is 2.26. The Morgan fingerprint density at radius 2 is 1.75 bits per heavy atom. The van der Waals surface area contributed by atoms with Crippen LogP contribution in [0.25, 0.3) is 0 Å². The Labute approximate surface area is 145 Å². The summed E-state index contributed by atoms with van der Waals surface area (Å²) in [5.41, 5.74) is 1.16. The van der Waals surface area contributed by atoms with E-state index in [0.717, 1.165) is 49.8 Å². The van der Waals surface area contributed by atoms with Gasteiger partial charge in [-0.2, -0.15) is 0 Å². The van der Waals surface area contributed by atoms with E-state index in [1.807, 2.05) is 23.1 Å². The van der Waals surface area contributed by atoms with Gasteiger partial charge in [0, 0.05) is 44.7 Å². The molecule has 5 heteroatoms. The maximum absolute atomic E-state index is 12.3. The lowest BCUT2D eigenvalue weighted by Gasteiger charge is -2.36. The normalized spacial score (nSPS) is 16.1. The number of hydrogen-bond donors (Lipinski definition) is 0. The molecule has 0 radical (unpaired) electrons. The molecule has 0 atom stereocenters. The van der Waals surface area contributed by atoms with Gasteiger partial charge < -0.3 is 14.4 Å². The van der Waals surface area contributed by atoms with Crippen LogP contribution in [0.1, 0.15) is 32.8 Å². The molecule has 5 nitrogen and oxygen atoms in total. The molecule has 1 aromatic carbocycles. The van der Waals surface area contributed by atoms with Crippen molar-refractivity contribution in [3.63, 3.8) is 0 Å². The summed E-state index contributed by atoms with van der Waals surface area (Å²) < 4.78 is 10.8. The lowest BCUT2D eigenvalue weighted by atomic mass is 9.91. The molecule has 0 spiro atoms. The summed E-state index contributed by atoms with van der Waals surface area (Å²) in [6, 6.07) is 5.87. The Morgan fingerprint density at radius 3 is 2.29 bits per heavy atom. The van der Waals surface area contributed by atoms with Gasteiger partial charge in [0.1, 0.15) is 11.5 Å². The van der Waals surface area contributed by atoms with Crippen molar-refractivity contribution in [1.82, 2.24) is 9.80 Å². The maximum atomic E-state index is 12.3. The van der Waals surface area contributed by atoms with Gasteiger partial charge >= 0.3 is 0 Å². The number of rotatable bonds is 5. The van der Waals surface area contributed by atoms with Crippen molar-refractivity contribution in [2.24, 2.45) is 5.41 Å². The molecular formula is C19H30N2O3. The van der Waals surface area contributed by atoms with E-state index >= 15 is 0 Å². The average molecular weight is 334 g/mol. The number of amides is 1. The summed E-state index contributed by atoms with van der Waals surface area (Å²) in [4.78, 5) is 16.7. The fraction of sp³-hybridized carbons (Fsp3) is 0.632. The molecule has 1 heterocycles. The van der Waals surface area contributed by atoms with Gasteiger partial charge in [-0.15, -0.1) is 0 Å². The molecule has 2 rings (SSSR count). The average Bonchev–Trinajstić information content (AvgIpc) is 2.53. The molecule has 1 aliphatic heterocycles. The lowest BCUT2D eigenvalue weighted by Crippen LogP contribution is -2.48. The minimum absolute atomic E-state index is 0.0438. The van der Waals surface area contributed by atoms with E-state index in [-0.39, 0.29) is 11.3 Å². The van der Waals surface area contributed by atoms with Gasteiger partial charge in [0.05, 0.1) is 14.2 Å². The van der Waals surface area contributed by atoms with Crippen molar-refractivity contribution in [2.45, 2.75) is 33.7 Å². The standard InChI is InChI=1S/C19H30N2O3/c1-19(2,3)13-18(22)21-10-8-20(9-11-21)14-15-12-16(23-4)6-7-17(15)24-5/h6-7,12H,8-11,13-14H2,1-5H3. The first-order valence-corrected chi connectivity index (χ1v) is 8.53. The molecule has 0 aromatic heterocycles. The Bertz CT molecular complexity index is 558. The van der Waals surface area contributed by atoms with Crippen molar-refractivity contribution < 1.29 is 14.3 Å². The van der Waals surface area contributed by atoms with E-state index in [9.17, 15) is 4.79 Å². The molecule has 1 fully saturated rings. The van der Waals surface area contributed by atoms with E-state index < -0.39 is 0 Å². The van der Waals surface area contributed by atoms with E-state index in [0.29, 0.717) is 6.42 Å². The minimum atomic E-state index is 0.0438. The first kappa shape index (κ1) is 18.6. The predicted octanol–water partition coefficient (Wildman–Crippen LogP) is 2.78. The molecule has 1 amide bonds. The summed E-state index contributed by atoms with van der Waals surface area (Å²) in [6.07, 6.45) is 0.608. The molecule has 0 saturated carbocycles. The van der Waals surface area contributed by atoms with Gasteiger partial charge in [0.2, 0.25) is 5.91 Å². The lowest BCUT2D eigenvalue weighted by molar-refractivity contribution is -0.134. The van der Waals surface area contributed by atoms with Crippen molar-refractivity contribution in [1.29, 1.82) is 0 Å². The number of methoxy groups -OCH3 is 2. The quantitative estimate of drug-likeness (QED) is 0.830. The first-order valence-electron chi connectivity index (χ1n) is 8.53. The molecule has 1 aromatic rings. The van der Waals surface area contributed by atoms with Gasteiger partial charge in [-0.25, -0.2) is 0 Å². The minimum Gasteiger partial charge on any atom is -0.497 e. The summed E-state index contributed by atoms with van der Waals surface area (Å²) in [5.74, 6) is 1.98. The molecule has 0 bridgehead atoms. The van der Waals surface area contributed by atoms with Crippen molar-refractivity contribution in [3.05, 3.63) is 23.8 Å². The number of hydrogen-bond acceptors (Lipinski definition) is 4. The van der Waals surface area contributed by atoms with Crippen molar-refractivity contribution in [3.8, 4) is 11.5 Å². The second-order valence-electron chi connectivity index (χ2n) is 7.57. The molecule has 0 N–H and O–H groups in total. The van der Waals surface area contributed by atoms with Crippen LogP contribution in [0.3, 0.4) is 0 Å². The smallest absolute Gasteiger partial charge is 0.223 e. The van der Waals surface area contributed by atoms with Crippen LogP contribution in [0, 0.1) is 5.41 Å². The summed E-state index contributed by atoms with van der Waals surface area (Å²) in [6.45, 7) is 10.5. The Morgan fingerprint density at radius 1 is 1.08 bits per heavy atom. The molecule has 1 aliphatic rings. The van der Waals surface area contributed by atoms with Gasteiger partial charge in [0.25, 0.3) is 0 Å². The van der Waals surface area contributed by atoms with Crippen LogP contribution in [0.15, 0.2) is 18.2 Å². The Kier molecular flexibility index (Phi) is 6.10. The second kappa shape index (κ2) is 7.88. The van der Waals surface area contributed by atoms with Crippen LogP contribution in [-0.4, -0.2) is 56.1 Å². The van der Waals surface area contributed by atoms with Crippen LogP contribution < -0.4 is 9.47 Å². The Balaban J connectivity index is 1.92. The van der Waals surface area contributed by atoms with Crippen molar-refractivity contribution >= 4 is 5.91 Å². The molecular weight excluding hydrogens is 304 g/mol. The van der Waals surface area contributed by atoms with Crippen LogP contribution in [0.4, 0.5) is 0 Å².